The van der Waals surface area contributed by atoms with Gasteiger partial charge in [-0.3, -0.25) is 4.79 Å². The predicted octanol–water partition coefficient (Wildman–Crippen LogP) is 2.80. The van der Waals surface area contributed by atoms with Gasteiger partial charge in [0.05, 0.1) is 0 Å². The van der Waals surface area contributed by atoms with E-state index in [0.717, 1.165) is 6.54 Å². The van der Waals surface area contributed by atoms with Crippen LogP contribution in [0.3, 0.4) is 0 Å². The molecule has 1 aliphatic rings. The number of fused-ring (bicyclic) bond motifs is 1. The van der Waals surface area contributed by atoms with Gasteiger partial charge in [-0.1, -0.05) is 24.3 Å². The van der Waals surface area contributed by atoms with Crippen LogP contribution in [0.4, 0.5) is 4.39 Å². The van der Waals surface area contributed by atoms with E-state index < -0.39 is 0 Å². The first-order chi connectivity index (χ1) is 10.1. The van der Waals surface area contributed by atoms with Crippen molar-refractivity contribution >= 4 is 16.7 Å². The van der Waals surface area contributed by atoms with Crippen LogP contribution in [0.2, 0.25) is 0 Å². The molecule has 0 aromatic heterocycles. The lowest BCUT2D eigenvalue weighted by molar-refractivity contribution is 0.0618. The highest BCUT2D eigenvalue weighted by Crippen LogP contribution is 2.24. The van der Waals surface area contributed by atoms with Crippen molar-refractivity contribution in [1.29, 1.82) is 0 Å². The first-order valence-electron chi connectivity index (χ1n) is 7.29. The Morgan fingerprint density at radius 2 is 1.90 bits per heavy atom. The minimum Gasteiger partial charge on any atom is -0.333 e. The van der Waals surface area contributed by atoms with Gasteiger partial charge in [0.15, 0.2) is 0 Å². The Morgan fingerprint density at radius 1 is 1.19 bits per heavy atom. The van der Waals surface area contributed by atoms with Crippen molar-refractivity contribution in [2.45, 2.75) is 25.9 Å². The van der Waals surface area contributed by atoms with Crippen molar-refractivity contribution in [1.82, 2.24) is 10.2 Å². The van der Waals surface area contributed by atoms with Crippen molar-refractivity contribution in [2.75, 3.05) is 13.1 Å². The van der Waals surface area contributed by atoms with Gasteiger partial charge >= 0.3 is 0 Å². The molecule has 3 rings (SSSR count). The van der Waals surface area contributed by atoms with Crippen LogP contribution in [0.1, 0.15) is 24.2 Å². The Morgan fingerprint density at radius 3 is 2.67 bits per heavy atom. The fourth-order valence-electron chi connectivity index (χ4n) is 2.91. The second-order valence-electron chi connectivity index (χ2n) is 5.76. The van der Waals surface area contributed by atoms with E-state index in [1.54, 1.807) is 18.2 Å². The van der Waals surface area contributed by atoms with Crippen LogP contribution >= 0.6 is 0 Å². The summed E-state index contributed by atoms with van der Waals surface area (Å²) >= 11 is 0. The molecule has 110 valence electrons. The second kappa shape index (κ2) is 5.45. The summed E-state index contributed by atoms with van der Waals surface area (Å²) in [5, 5.41) is 4.54. The van der Waals surface area contributed by atoms with Crippen molar-refractivity contribution in [3.8, 4) is 0 Å². The monoisotopic (exact) mass is 286 g/mol. The molecule has 1 heterocycles. The van der Waals surface area contributed by atoms with Crippen LogP contribution in [-0.2, 0) is 0 Å². The zero-order valence-corrected chi connectivity index (χ0v) is 12.3. The molecule has 2 aromatic carbocycles. The number of amides is 1. The zero-order valence-electron chi connectivity index (χ0n) is 12.3. The van der Waals surface area contributed by atoms with Gasteiger partial charge in [0.2, 0.25) is 0 Å². The third-order valence-electron chi connectivity index (χ3n) is 4.13. The number of nitrogens with zero attached hydrogens (tertiary/aromatic N) is 1. The lowest BCUT2D eigenvalue weighted by Crippen LogP contribution is -2.56. The lowest BCUT2D eigenvalue weighted by atomic mass is 10.0. The summed E-state index contributed by atoms with van der Waals surface area (Å²) in [5.41, 5.74) is 0.577. The quantitative estimate of drug-likeness (QED) is 0.874. The standard InChI is InChI=1S/C17H19FN2O/c1-11-10-20(12(2)9-19-11)17(21)15-7-8-16(18)14-6-4-3-5-13(14)15/h3-8,11-12,19H,9-10H2,1-2H3. The molecule has 1 aliphatic heterocycles. The van der Waals surface area contributed by atoms with E-state index in [9.17, 15) is 9.18 Å². The third kappa shape index (κ3) is 2.51. The highest BCUT2D eigenvalue weighted by Gasteiger charge is 2.28. The van der Waals surface area contributed by atoms with Crippen LogP contribution in [0.25, 0.3) is 10.8 Å². The van der Waals surface area contributed by atoms with Gasteiger partial charge in [-0.25, -0.2) is 4.39 Å². The Labute approximate surface area is 123 Å². The van der Waals surface area contributed by atoms with Gasteiger partial charge in [0.1, 0.15) is 5.82 Å². The van der Waals surface area contributed by atoms with Gasteiger partial charge < -0.3 is 10.2 Å². The summed E-state index contributed by atoms with van der Waals surface area (Å²) in [6.45, 7) is 5.55. The molecule has 0 saturated carbocycles. The van der Waals surface area contributed by atoms with Crippen LogP contribution in [0, 0.1) is 5.82 Å². The predicted molar refractivity (Wildman–Crippen MR) is 81.9 cm³/mol. The highest BCUT2D eigenvalue weighted by molar-refractivity contribution is 6.07. The fourth-order valence-corrected chi connectivity index (χ4v) is 2.91. The second-order valence-corrected chi connectivity index (χ2v) is 5.76. The van der Waals surface area contributed by atoms with Crippen LogP contribution in [-0.4, -0.2) is 36.0 Å². The number of rotatable bonds is 1. The van der Waals surface area contributed by atoms with Crippen molar-refractivity contribution in [3.05, 3.63) is 47.8 Å². The van der Waals surface area contributed by atoms with Gasteiger partial charge in [-0.2, -0.15) is 0 Å². The van der Waals surface area contributed by atoms with E-state index >= 15 is 0 Å². The molecule has 2 unspecified atom stereocenters. The maximum atomic E-state index is 13.9. The van der Waals surface area contributed by atoms with Crippen molar-refractivity contribution in [3.63, 3.8) is 0 Å². The molecule has 3 nitrogen and oxygen atoms in total. The molecule has 21 heavy (non-hydrogen) atoms. The molecule has 0 aliphatic carbocycles. The Bertz CT molecular complexity index is 686. The van der Waals surface area contributed by atoms with Gasteiger partial charge in [-0.15, -0.1) is 0 Å². The molecule has 1 amide bonds. The summed E-state index contributed by atoms with van der Waals surface area (Å²) in [6, 6.07) is 10.5. The first kappa shape index (κ1) is 14.0. The third-order valence-corrected chi connectivity index (χ3v) is 4.13. The molecule has 2 atom stereocenters. The smallest absolute Gasteiger partial charge is 0.254 e. The normalized spacial score (nSPS) is 22.5. The van der Waals surface area contributed by atoms with E-state index in [-0.39, 0.29) is 23.8 Å². The minimum atomic E-state index is -0.288. The SMILES string of the molecule is CC1CN(C(=O)c2ccc(F)c3ccccc23)C(C)CN1. The van der Waals surface area contributed by atoms with Gasteiger partial charge in [0, 0.05) is 36.1 Å². The summed E-state index contributed by atoms with van der Waals surface area (Å²) in [4.78, 5) is 14.7. The largest absolute Gasteiger partial charge is 0.333 e. The first-order valence-corrected chi connectivity index (χ1v) is 7.29. The van der Waals surface area contributed by atoms with Crippen LogP contribution < -0.4 is 5.32 Å². The Balaban J connectivity index is 2.04. The number of hydrogen-bond donors (Lipinski definition) is 1. The molecule has 0 bridgehead atoms. The zero-order chi connectivity index (χ0) is 15.0. The summed E-state index contributed by atoms with van der Waals surface area (Å²) in [7, 11) is 0. The van der Waals surface area contributed by atoms with Crippen LogP contribution in [0.15, 0.2) is 36.4 Å². The van der Waals surface area contributed by atoms with E-state index in [1.165, 1.54) is 6.07 Å². The van der Waals surface area contributed by atoms with Crippen molar-refractivity contribution in [2.24, 2.45) is 0 Å². The van der Waals surface area contributed by atoms with E-state index in [0.29, 0.717) is 22.9 Å². The summed E-state index contributed by atoms with van der Waals surface area (Å²) in [5.74, 6) is -0.309. The van der Waals surface area contributed by atoms with Gasteiger partial charge in [0.25, 0.3) is 5.91 Å². The molecule has 1 saturated heterocycles. The maximum Gasteiger partial charge on any atom is 0.254 e. The number of piperazine rings is 1. The average Bonchev–Trinajstić information content (AvgIpc) is 2.50. The number of nitrogens with one attached hydrogen (secondary N) is 1. The number of hydrogen-bond acceptors (Lipinski definition) is 2. The minimum absolute atomic E-state index is 0.0212. The van der Waals surface area contributed by atoms with Gasteiger partial charge in [-0.05, 0) is 31.4 Å². The molecule has 2 aromatic rings. The lowest BCUT2D eigenvalue weighted by Gasteiger charge is -2.37. The van der Waals surface area contributed by atoms with Crippen molar-refractivity contribution < 1.29 is 9.18 Å². The maximum absolute atomic E-state index is 13.9. The van der Waals surface area contributed by atoms with E-state index in [4.69, 9.17) is 0 Å². The molecular formula is C17H19FN2O. The Kier molecular flexibility index (Phi) is 3.64. The Hall–Kier alpha value is -1.94. The topological polar surface area (TPSA) is 32.3 Å². The molecule has 4 heteroatoms. The summed E-state index contributed by atoms with van der Waals surface area (Å²) in [6.07, 6.45) is 0. The number of carbonyl (C=O) groups is 1. The number of carbonyl (C=O) groups excluding carboxylic acids is 1. The van der Waals surface area contributed by atoms with Crippen LogP contribution in [0.5, 0.6) is 0 Å². The molecular weight excluding hydrogens is 267 g/mol. The number of benzene rings is 2. The van der Waals surface area contributed by atoms with E-state index in [2.05, 4.69) is 12.2 Å². The molecule has 1 fully saturated rings. The summed E-state index contributed by atoms with van der Waals surface area (Å²) < 4.78 is 13.9. The fraction of sp³-hybridized carbons (Fsp3) is 0.353. The molecule has 0 spiro atoms. The molecule has 0 radical (unpaired) electrons. The highest BCUT2D eigenvalue weighted by atomic mass is 19.1. The molecule has 1 N–H and O–H groups in total. The number of halogens is 1. The van der Waals surface area contributed by atoms with E-state index in [1.807, 2.05) is 24.0 Å². The average molecular weight is 286 g/mol.